The van der Waals surface area contributed by atoms with Gasteiger partial charge >= 0.3 is 5.69 Å². The number of hydrogen-bond donors (Lipinski definition) is 2. The van der Waals surface area contributed by atoms with E-state index in [9.17, 15) is 15.2 Å². The zero-order valence-corrected chi connectivity index (χ0v) is 10.1. The molecule has 1 aromatic rings. The van der Waals surface area contributed by atoms with Crippen LogP contribution in [0.3, 0.4) is 0 Å². The first kappa shape index (κ1) is 14.1. The molecule has 0 aliphatic carbocycles. The second kappa shape index (κ2) is 6.72. The molecule has 0 fully saturated rings. The van der Waals surface area contributed by atoms with Crippen molar-refractivity contribution in [3.8, 4) is 5.88 Å². The van der Waals surface area contributed by atoms with Crippen LogP contribution >= 0.6 is 0 Å². The molecular weight excluding hydrogens is 242 g/mol. The number of pyridine rings is 1. The van der Waals surface area contributed by atoms with Crippen molar-refractivity contribution in [2.75, 3.05) is 32.7 Å². The summed E-state index contributed by atoms with van der Waals surface area (Å²) in [6, 6.07) is 2.69. The van der Waals surface area contributed by atoms with Gasteiger partial charge in [-0.05, 0) is 0 Å². The molecule has 18 heavy (non-hydrogen) atoms. The van der Waals surface area contributed by atoms with Gasteiger partial charge in [0, 0.05) is 25.8 Å². The Hall–Kier alpha value is -1.93. The zero-order valence-electron chi connectivity index (χ0n) is 10.1. The summed E-state index contributed by atoms with van der Waals surface area (Å²) in [5.74, 6) is 0.304. The molecule has 1 aromatic heterocycles. The Morgan fingerprint density at radius 1 is 1.56 bits per heavy atom. The highest BCUT2D eigenvalue weighted by molar-refractivity contribution is 5.57. The van der Waals surface area contributed by atoms with Gasteiger partial charge in [0.25, 0.3) is 0 Å². The lowest BCUT2D eigenvalue weighted by atomic mass is 10.3. The van der Waals surface area contributed by atoms with Gasteiger partial charge in [0.15, 0.2) is 0 Å². The normalized spacial score (nSPS) is 11.9. The number of aliphatic hydroxyl groups excluding tert-OH is 1. The molecule has 8 nitrogen and oxygen atoms in total. The van der Waals surface area contributed by atoms with E-state index in [1.807, 2.05) is 0 Å². The fourth-order valence-corrected chi connectivity index (χ4v) is 1.29. The van der Waals surface area contributed by atoms with E-state index in [4.69, 9.17) is 9.47 Å². The lowest BCUT2D eigenvalue weighted by Gasteiger charge is -2.11. The Labute approximate surface area is 104 Å². The number of nitro groups is 1. The van der Waals surface area contributed by atoms with Crippen molar-refractivity contribution >= 4 is 11.5 Å². The van der Waals surface area contributed by atoms with Crippen molar-refractivity contribution in [3.63, 3.8) is 0 Å². The average molecular weight is 257 g/mol. The van der Waals surface area contributed by atoms with Crippen LogP contribution in [0.5, 0.6) is 5.88 Å². The first-order valence-corrected chi connectivity index (χ1v) is 5.18. The monoisotopic (exact) mass is 257 g/mol. The van der Waals surface area contributed by atoms with Gasteiger partial charge in [-0.1, -0.05) is 0 Å². The Morgan fingerprint density at radius 2 is 2.28 bits per heavy atom. The average Bonchev–Trinajstić information content (AvgIpc) is 2.36. The summed E-state index contributed by atoms with van der Waals surface area (Å²) in [6.07, 6.45) is -0.775. The third kappa shape index (κ3) is 3.82. The molecule has 0 aromatic carbocycles. The second-order valence-electron chi connectivity index (χ2n) is 3.47. The predicted octanol–water partition coefficient (Wildman–Crippen LogP) is 0.418. The first-order valence-electron chi connectivity index (χ1n) is 5.18. The van der Waals surface area contributed by atoms with Gasteiger partial charge in [-0.15, -0.1) is 0 Å². The van der Waals surface area contributed by atoms with Crippen molar-refractivity contribution in [2.45, 2.75) is 6.10 Å². The van der Waals surface area contributed by atoms with Crippen LogP contribution in [0.4, 0.5) is 11.5 Å². The molecule has 2 N–H and O–H groups in total. The van der Waals surface area contributed by atoms with E-state index in [0.29, 0.717) is 0 Å². The van der Waals surface area contributed by atoms with E-state index in [2.05, 4.69) is 10.3 Å². The maximum atomic E-state index is 10.8. The molecule has 0 aliphatic rings. The molecule has 0 aliphatic heterocycles. The van der Waals surface area contributed by atoms with E-state index in [-0.39, 0.29) is 30.5 Å². The van der Waals surface area contributed by atoms with E-state index in [1.54, 1.807) is 0 Å². The van der Waals surface area contributed by atoms with Crippen molar-refractivity contribution < 1.29 is 19.5 Å². The lowest BCUT2D eigenvalue weighted by molar-refractivity contribution is -0.384. The van der Waals surface area contributed by atoms with Crippen LogP contribution in [-0.4, -0.2) is 48.5 Å². The molecule has 0 spiro atoms. The Kier molecular flexibility index (Phi) is 5.28. The SMILES string of the molecule is COCC(O)CNc1nc(OC)ccc1[N+](=O)[O-]. The third-order valence-corrected chi connectivity index (χ3v) is 2.12. The summed E-state index contributed by atoms with van der Waals surface area (Å²) in [7, 11) is 2.87. The fraction of sp³-hybridized carbons (Fsp3) is 0.500. The minimum Gasteiger partial charge on any atom is -0.481 e. The topological polar surface area (TPSA) is 107 Å². The van der Waals surface area contributed by atoms with E-state index >= 15 is 0 Å². The van der Waals surface area contributed by atoms with E-state index in [1.165, 1.54) is 26.4 Å². The summed E-state index contributed by atoms with van der Waals surface area (Å²) in [6.45, 7) is 0.222. The molecule has 1 heterocycles. The molecule has 0 saturated carbocycles. The Balaban J connectivity index is 2.80. The number of ether oxygens (including phenoxy) is 2. The molecule has 0 radical (unpaired) electrons. The molecule has 1 unspecified atom stereocenters. The van der Waals surface area contributed by atoms with E-state index in [0.717, 1.165) is 0 Å². The lowest BCUT2D eigenvalue weighted by Crippen LogP contribution is -2.24. The largest absolute Gasteiger partial charge is 0.481 e. The Morgan fingerprint density at radius 3 is 2.83 bits per heavy atom. The van der Waals surface area contributed by atoms with Crippen LogP contribution < -0.4 is 10.1 Å². The van der Waals surface area contributed by atoms with Crippen molar-refractivity contribution in [2.24, 2.45) is 0 Å². The maximum absolute atomic E-state index is 10.8. The number of aromatic nitrogens is 1. The summed E-state index contributed by atoms with van der Waals surface area (Å²) in [5, 5.41) is 22.9. The fourth-order valence-electron chi connectivity index (χ4n) is 1.29. The van der Waals surface area contributed by atoms with Crippen molar-refractivity contribution in [1.29, 1.82) is 0 Å². The highest BCUT2D eigenvalue weighted by Crippen LogP contribution is 2.24. The molecule has 0 amide bonds. The third-order valence-electron chi connectivity index (χ3n) is 2.12. The number of anilines is 1. The first-order chi connectivity index (χ1) is 8.58. The van der Waals surface area contributed by atoms with Gasteiger partial charge < -0.3 is 19.9 Å². The zero-order chi connectivity index (χ0) is 13.5. The molecule has 1 rings (SSSR count). The van der Waals surface area contributed by atoms with Crippen molar-refractivity contribution in [1.82, 2.24) is 4.98 Å². The minimum atomic E-state index is -0.775. The van der Waals surface area contributed by atoms with Gasteiger partial charge in [-0.25, -0.2) is 0 Å². The maximum Gasteiger partial charge on any atom is 0.311 e. The predicted molar refractivity (Wildman–Crippen MR) is 63.8 cm³/mol. The molecule has 1 atom stereocenters. The van der Waals surface area contributed by atoms with Crippen LogP contribution in [0.25, 0.3) is 0 Å². The van der Waals surface area contributed by atoms with Crippen LogP contribution in [0.15, 0.2) is 12.1 Å². The molecule has 0 bridgehead atoms. The minimum absolute atomic E-state index is 0.0505. The van der Waals surface area contributed by atoms with Crippen LogP contribution in [0.1, 0.15) is 0 Å². The summed E-state index contributed by atoms with van der Waals surface area (Å²) in [4.78, 5) is 14.1. The molecule has 0 saturated heterocycles. The molecule has 8 heteroatoms. The number of nitrogens with one attached hydrogen (secondary N) is 1. The van der Waals surface area contributed by atoms with Gasteiger partial charge in [0.05, 0.1) is 24.7 Å². The van der Waals surface area contributed by atoms with Crippen LogP contribution in [0, 0.1) is 10.1 Å². The highest BCUT2D eigenvalue weighted by atomic mass is 16.6. The van der Waals surface area contributed by atoms with Gasteiger partial charge in [0.2, 0.25) is 11.7 Å². The number of nitrogens with zero attached hydrogens (tertiary/aromatic N) is 2. The number of methoxy groups -OCH3 is 2. The number of hydrogen-bond acceptors (Lipinski definition) is 7. The van der Waals surface area contributed by atoms with Gasteiger partial charge in [-0.3, -0.25) is 10.1 Å². The highest BCUT2D eigenvalue weighted by Gasteiger charge is 2.17. The summed E-state index contributed by atoms with van der Waals surface area (Å²) >= 11 is 0. The second-order valence-corrected chi connectivity index (χ2v) is 3.47. The smallest absolute Gasteiger partial charge is 0.311 e. The molecule has 100 valence electrons. The number of aliphatic hydroxyl groups is 1. The van der Waals surface area contributed by atoms with Crippen LogP contribution in [0.2, 0.25) is 0 Å². The van der Waals surface area contributed by atoms with Crippen molar-refractivity contribution in [3.05, 3.63) is 22.2 Å². The molecular formula is C10H15N3O5. The van der Waals surface area contributed by atoms with Crippen LogP contribution in [-0.2, 0) is 4.74 Å². The summed E-state index contributed by atoms with van der Waals surface area (Å²) < 4.78 is 9.63. The van der Waals surface area contributed by atoms with Gasteiger partial charge in [-0.2, -0.15) is 4.98 Å². The van der Waals surface area contributed by atoms with Gasteiger partial charge in [0.1, 0.15) is 0 Å². The number of rotatable bonds is 7. The quantitative estimate of drug-likeness (QED) is 0.538. The van der Waals surface area contributed by atoms with E-state index < -0.39 is 11.0 Å². The summed E-state index contributed by atoms with van der Waals surface area (Å²) in [5.41, 5.74) is -0.180. The Bertz CT molecular complexity index is 412. The standard InChI is InChI=1S/C10H15N3O5/c1-17-6-7(14)5-11-10-8(13(15)16)3-4-9(12-10)18-2/h3-4,7,14H,5-6H2,1-2H3,(H,11,12).